The van der Waals surface area contributed by atoms with Gasteiger partial charge in [-0.1, -0.05) is 71.6 Å². The van der Waals surface area contributed by atoms with Gasteiger partial charge in [0.2, 0.25) is 0 Å². The molecule has 1 unspecified atom stereocenters. The van der Waals surface area contributed by atoms with Crippen molar-refractivity contribution in [3.05, 3.63) is 0 Å². The molecule has 0 aliphatic rings. The summed E-state index contributed by atoms with van der Waals surface area (Å²) in [4.78, 5) is 22.3. The van der Waals surface area contributed by atoms with Crippen LogP contribution in [0.5, 0.6) is 0 Å². The quantitative estimate of drug-likeness (QED) is 0.237. The van der Waals surface area contributed by atoms with Crippen molar-refractivity contribution >= 4 is 11.9 Å². The second-order valence-electron chi connectivity index (χ2n) is 7.20. The monoisotopic (exact) mass is 356 g/mol. The van der Waals surface area contributed by atoms with Crippen molar-refractivity contribution in [2.45, 2.75) is 110 Å². The Kier molecular flexibility index (Phi) is 17.0. The first-order chi connectivity index (χ1) is 12.1. The number of carboxylic acids is 1. The fraction of sp³-hybridized carbons (Fsp3) is 0.905. The SMILES string of the molecule is CCCCCCC(CCCC)COC(=O)CCCCCCCC(=O)O. The number of carboxylic acid groups (broad SMARTS) is 1. The molecule has 0 bridgehead atoms. The zero-order valence-electron chi connectivity index (χ0n) is 16.6. The molecular weight excluding hydrogens is 316 g/mol. The first-order valence-electron chi connectivity index (χ1n) is 10.5. The Morgan fingerprint density at radius 1 is 0.760 bits per heavy atom. The minimum absolute atomic E-state index is 0.0689. The van der Waals surface area contributed by atoms with Crippen molar-refractivity contribution in [1.29, 1.82) is 0 Å². The van der Waals surface area contributed by atoms with Crippen LogP contribution in [0.3, 0.4) is 0 Å². The molecule has 0 amide bonds. The lowest BCUT2D eigenvalue weighted by Crippen LogP contribution is -2.14. The highest BCUT2D eigenvalue weighted by Gasteiger charge is 2.11. The van der Waals surface area contributed by atoms with Crippen molar-refractivity contribution in [2.24, 2.45) is 5.92 Å². The maximum atomic E-state index is 11.9. The van der Waals surface area contributed by atoms with Crippen molar-refractivity contribution < 1.29 is 19.4 Å². The Morgan fingerprint density at radius 2 is 1.32 bits per heavy atom. The van der Waals surface area contributed by atoms with E-state index < -0.39 is 5.97 Å². The van der Waals surface area contributed by atoms with Crippen LogP contribution in [-0.4, -0.2) is 23.7 Å². The van der Waals surface area contributed by atoms with Gasteiger partial charge in [0.05, 0.1) is 6.61 Å². The summed E-state index contributed by atoms with van der Waals surface area (Å²) in [5.41, 5.74) is 0. The molecule has 0 spiro atoms. The number of aliphatic carboxylic acids is 1. The molecule has 0 aromatic carbocycles. The zero-order chi connectivity index (χ0) is 18.8. The number of esters is 1. The molecule has 0 heterocycles. The molecule has 1 atom stereocenters. The first kappa shape index (κ1) is 23.9. The minimum atomic E-state index is -0.726. The minimum Gasteiger partial charge on any atom is -0.481 e. The van der Waals surface area contributed by atoms with Gasteiger partial charge in [-0.2, -0.15) is 0 Å². The third kappa shape index (κ3) is 17.6. The van der Waals surface area contributed by atoms with E-state index in [0.29, 0.717) is 18.9 Å². The predicted molar refractivity (Wildman–Crippen MR) is 103 cm³/mol. The normalized spacial score (nSPS) is 12.1. The predicted octanol–water partition coefficient (Wildman–Crippen LogP) is 6.12. The summed E-state index contributed by atoms with van der Waals surface area (Å²) in [5, 5.41) is 8.57. The van der Waals surface area contributed by atoms with Crippen molar-refractivity contribution in [2.75, 3.05) is 6.61 Å². The molecule has 0 aliphatic carbocycles. The average molecular weight is 357 g/mol. The van der Waals surface area contributed by atoms with E-state index in [1.54, 1.807) is 0 Å². The standard InChI is InChI=1S/C21H40O4/c1-3-5-7-11-15-19(14-6-4-2)18-25-21(24)17-13-10-8-9-12-16-20(22)23/h19H,3-18H2,1-2H3,(H,22,23). The van der Waals surface area contributed by atoms with E-state index in [2.05, 4.69) is 13.8 Å². The molecule has 0 aromatic heterocycles. The van der Waals surface area contributed by atoms with E-state index in [0.717, 1.165) is 32.1 Å². The van der Waals surface area contributed by atoms with Crippen LogP contribution in [-0.2, 0) is 14.3 Å². The summed E-state index contributed by atoms with van der Waals surface area (Å²) in [6, 6.07) is 0. The Hall–Kier alpha value is -1.06. The highest BCUT2D eigenvalue weighted by atomic mass is 16.5. The van der Waals surface area contributed by atoms with Gasteiger partial charge in [0.25, 0.3) is 0 Å². The van der Waals surface area contributed by atoms with Gasteiger partial charge in [-0.15, -0.1) is 0 Å². The van der Waals surface area contributed by atoms with Crippen LogP contribution in [0.2, 0.25) is 0 Å². The molecule has 4 heteroatoms. The molecule has 1 N–H and O–H groups in total. The van der Waals surface area contributed by atoms with Crippen molar-refractivity contribution in [1.82, 2.24) is 0 Å². The number of hydrogen-bond donors (Lipinski definition) is 1. The third-order valence-corrected chi connectivity index (χ3v) is 4.68. The van der Waals surface area contributed by atoms with Crippen LogP contribution in [0.4, 0.5) is 0 Å². The lowest BCUT2D eigenvalue weighted by atomic mass is 9.96. The van der Waals surface area contributed by atoms with Gasteiger partial charge in [-0.3, -0.25) is 9.59 Å². The van der Waals surface area contributed by atoms with E-state index in [9.17, 15) is 9.59 Å². The average Bonchev–Trinajstić information content (AvgIpc) is 2.59. The summed E-state index contributed by atoms with van der Waals surface area (Å²) in [5.74, 6) is -0.270. The second-order valence-corrected chi connectivity index (χ2v) is 7.20. The van der Waals surface area contributed by atoms with Crippen LogP contribution >= 0.6 is 0 Å². The highest BCUT2D eigenvalue weighted by Crippen LogP contribution is 2.18. The fourth-order valence-corrected chi connectivity index (χ4v) is 3.02. The Balaban J connectivity index is 3.72. The van der Waals surface area contributed by atoms with Crippen LogP contribution in [0.15, 0.2) is 0 Å². The lowest BCUT2D eigenvalue weighted by Gasteiger charge is -2.16. The molecule has 0 rings (SSSR count). The molecule has 0 saturated carbocycles. The van der Waals surface area contributed by atoms with E-state index >= 15 is 0 Å². The van der Waals surface area contributed by atoms with Crippen molar-refractivity contribution in [3.63, 3.8) is 0 Å². The first-order valence-corrected chi connectivity index (χ1v) is 10.5. The second kappa shape index (κ2) is 17.8. The molecule has 25 heavy (non-hydrogen) atoms. The molecule has 0 aliphatic heterocycles. The Bertz CT molecular complexity index is 328. The van der Waals surface area contributed by atoms with Gasteiger partial charge in [0.15, 0.2) is 0 Å². The summed E-state index contributed by atoms with van der Waals surface area (Å²) < 4.78 is 5.50. The van der Waals surface area contributed by atoms with Gasteiger partial charge in [0, 0.05) is 12.8 Å². The van der Waals surface area contributed by atoms with Crippen molar-refractivity contribution in [3.8, 4) is 0 Å². The topological polar surface area (TPSA) is 63.6 Å². The zero-order valence-corrected chi connectivity index (χ0v) is 16.6. The molecule has 0 saturated heterocycles. The molecule has 0 aromatic rings. The summed E-state index contributed by atoms with van der Waals surface area (Å²) in [6.07, 6.45) is 15.1. The van der Waals surface area contributed by atoms with E-state index in [4.69, 9.17) is 9.84 Å². The highest BCUT2D eigenvalue weighted by molar-refractivity contribution is 5.69. The molecule has 0 radical (unpaired) electrons. The van der Waals surface area contributed by atoms with E-state index in [-0.39, 0.29) is 12.4 Å². The largest absolute Gasteiger partial charge is 0.481 e. The summed E-state index contributed by atoms with van der Waals surface area (Å²) in [7, 11) is 0. The maximum Gasteiger partial charge on any atom is 0.305 e. The summed E-state index contributed by atoms with van der Waals surface area (Å²) >= 11 is 0. The number of rotatable bonds is 18. The van der Waals surface area contributed by atoms with Gasteiger partial charge in [0.1, 0.15) is 0 Å². The Labute approximate surface area is 154 Å². The van der Waals surface area contributed by atoms with Crippen LogP contribution < -0.4 is 0 Å². The molecular formula is C21H40O4. The number of carbonyl (C=O) groups is 2. The van der Waals surface area contributed by atoms with Gasteiger partial charge >= 0.3 is 11.9 Å². The lowest BCUT2D eigenvalue weighted by molar-refractivity contribution is -0.145. The smallest absolute Gasteiger partial charge is 0.305 e. The van der Waals surface area contributed by atoms with Crippen LogP contribution in [0.1, 0.15) is 110 Å². The molecule has 0 fully saturated rings. The van der Waals surface area contributed by atoms with Gasteiger partial charge < -0.3 is 9.84 Å². The summed E-state index contributed by atoms with van der Waals surface area (Å²) in [6.45, 7) is 5.02. The van der Waals surface area contributed by atoms with Gasteiger partial charge in [-0.25, -0.2) is 0 Å². The number of ether oxygens (including phenoxy) is 1. The third-order valence-electron chi connectivity index (χ3n) is 4.68. The number of carbonyl (C=O) groups excluding carboxylic acids is 1. The fourth-order valence-electron chi connectivity index (χ4n) is 3.02. The number of hydrogen-bond acceptors (Lipinski definition) is 3. The van der Waals surface area contributed by atoms with E-state index in [1.807, 2.05) is 0 Å². The maximum absolute atomic E-state index is 11.9. The van der Waals surface area contributed by atoms with Crippen LogP contribution in [0.25, 0.3) is 0 Å². The molecule has 148 valence electrons. The Morgan fingerprint density at radius 3 is 1.96 bits per heavy atom. The molecule has 4 nitrogen and oxygen atoms in total. The van der Waals surface area contributed by atoms with E-state index in [1.165, 1.54) is 51.4 Å². The number of unbranched alkanes of at least 4 members (excludes halogenated alkanes) is 8. The van der Waals surface area contributed by atoms with Gasteiger partial charge in [-0.05, 0) is 31.6 Å². The van der Waals surface area contributed by atoms with Crippen LogP contribution in [0, 0.1) is 5.92 Å².